The summed E-state index contributed by atoms with van der Waals surface area (Å²) in [6.45, 7) is 6.71. The second kappa shape index (κ2) is 18.6. The number of benzene rings is 1. The first kappa shape index (κ1) is 38.5. The van der Waals surface area contributed by atoms with Gasteiger partial charge in [0.15, 0.2) is 11.5 Å². The van der Waals surface area contributed by atoms with Crippen LogP contribution in [0.5, 0.6) is 11.5 Å². The van der Waals surface area contributed by atoms with Crippen LogP contribution in [0, 0.1) is 0 Å². The predicted octanol–water partition coefficient (Wildman–Crippen LogP) is 4.73. The van der Waals surface area contributed by atoms with E-state index in [1.54, 1.807) is 32.5 Å². The van der Waals surface area contributed by atoms with E-state index in [-0.39, 0.29) is 23.9 Å². The van der Waals surface area contributed by atoms with Gasteiger partial charge in [-0.3, -0.25) is 14.6 Å². The molecule has 1 aliphatic heterocycles. The summed E-state index contributed by atoms with van der Waals surface area (Å²) in [6, 6.07) is 12.0. The molecule has 1 saturated carbocycles. The van der Waals surface area contributed by atoms with Crippen molar-refractivity contribution < 1.29 is 46.9 Å². The Morgan fingerprint density at radius 2 is 1.73 bits per heavy atom. The highest BCUT2D eigenvalue weighted by Gasteiger charge is 2.38. The Balaban J connectivity index is 0.000000804. The molecule has 2 amide bonds. The van der Waals surface area contributed by atoms with E-state index in [1.807, 2.05) is 29.2 Å². The molecule has 1 aliphatic carbocycles. The number of nitrogens with zero attached hydrogens (tertiary/aromatic N) is 3. The Kier molecular flexibility index (Phi) is 14.9. The first-order chi connectivity index (χ1) is 22.8. The molecule has 2 fully saturated rings. The van der Waals surface area contributed by atoms with E-state index in [0.717, 1.165) is 57.3 Å². The van der Waals surface area contributed by atoms with Gasteiger partial charge in [-0.25, -0.2) is 4.79 Å². The Bertz CT molecular complexity index is 1320. The normalized spacial score (nSPS) is 17.6. The fourth-order valence-corrected chi connectivity index (χ4v) is 5.61. The number of alkyl halides is 3. The van der Waals surface area contributed by atoms with Crippen LogP contribution in [0.1, 0.15) is 68.4 Å². The predicted molar refractivity (Wildman–Crippen MR) is 172 cm³/mol. The third-order valence-electron chi connectivity index (χ3n) is 8.16. The number of hydrogen-bond donors (Lipinski definition) is 2. The summed E-state index contributed by atoms with van der Waals surface area (Å²) in [5, 5.41) is 10.8. The van der Waals surface area contributed by atoms with E-state index >= 15 is 0 Å². The summed E-state index contributed by atoms with van der Waals surface area (Å²) in [5.74, 6) is -1.42. The largest absolute Gasteiger partial charge is 0.493 e. The van der Waals surface area contributed by atoms with E-state index in [4.69, 9.17) is 24.1 Å². The Hall–Kier alpha value is -3.91. The van der Waals surface area contributed by atoms with Crippen LogP contribution < -0.4 is 14.8 Å². The molecule has 2 aliphatic rings. The molecule has 1 saturated heterocycles. The average Bonchev–Trinajstić information content (AvgIpc) is 3.89. The second-order valence-electron chi connectivity index (χ2n) is 12.1. The Labute approximate surface area is 279 Å². The monoisotopic (exact) mass is 680 g/mol. The fourth-order valence-electron chi connectivity index (χ4n) is 5.61. The van der Waals surface area contributed by atoms with E-state index < -0.39 is 12.1 Å². The zero-order valence-corrected chi connectivity index (χ0v) is 28.0. The minimum absolute atomic E-state index is 0.00493. The van der Waals surface area contributed by atoms with E-state index in [9.17, 15) is 22.8 Å². The molecule has 2 aromatic rings. The highest BCUT2D eigenvalue weighted by Crippen LogP contribution is 2.31. The van der Waals surface area contributed by atoms with Gasteiger partial charge in [0, 0.05) is 74.8 Å². The van der Waals surface area contributed by atoms with Gasteiger partial charge in [-0.1, -0.05) is 6.07 Å². The lowest BCUT2D eigenvalue weighted by atomic mass is 9.95. The molecule has 0 spiro atoms. The van der Waals surface area contributed by atoms with Crippen molar-refractivity contribution in [3.05, 3.63) is 53.9 Å². The molecule has 11 nitrogen and oxygen atoms in total. The number of amides is 2. The quantitative estimate of drug-likeness (QED) is 0.257. The summed E-state index contributed by atoms with van der Waals surface area (Å²) < 4.78 is 48.2. The highest BCUT2D eigenvalue weighted by atomic mass is 19.4. The molecule has 0 unspecified atom stereocenters. The third kappa shape index (κ3) is 12.0. The van der Waals surface area contributed by atoms with Crippen LogP contribution in [0.15, 0.2) is 42.6 Å². The number of rotatable bonds is 15. The smallest absolute Gasteiger partial charge is 0.490 e. The van der Waals surface area contributed by atoms with Gasteiger partial charge in [-0.05, 0) is 76.3 Å². The maximum Gasteiger partial charge on any atom is 0.490 e. The summed E-state index contributed by atoms with van der Waals surface area (Å²) in [4.78, 5) is 44.1. The molecule has 2 heterocycles. The lowest BCUT2D eigenvalue weighted by Gasteiger charge is -2.40. The van der Waals surface area contributed by atoms with E-state index in [2.05, 4.69) is 29.0 Å². The molecule has 48 heavy (non-hydrogen) atoms. The van der Waals surface area contributed by atoms with Crippen LogP contribution in [0.2, 0.25) is 0 Å². The zero-order valence-electron chi connectivity index (χ0n) is 28.0. The summed E-state index contributed by atoms with van der Waals surface area (Å²) in [5.41, 5.74) is 1.41. The van der Waals surface area contributed by atoms with Crippen LogP contribution in [-0.4, -0.2) is 109 Å². The van der Waals surface area contributed by atoms with Crippen LogP contribution in [0.3, 0.4) is 0 Å². The van der Waals surface area contributed by atoms with Crippen LogP contribution >= 0.6 is 0 Å². The van der Waals surface area contributed by atoms with Crippen molar-refractivity contribution in [2.75, 3.05) is 40.5 Å². The molecule has 4 rings (SSSR count). The lowest BCUT2D eigenvalue weighted by Crippen LogP contribution is -2.54. The number of carboxylic acids is 1. The highest BCUT2D eigenvalue weighted by molar-refractivity contribution is 5.95. The molecular formula is C34H47F3N4O7. The number of pyridine rings is 1. The van der Waals surface area contributed by atoms with Crippen molar-refractivity contribution in [2.24, 2.45) is 0 Å². The topological polar surface area (TPSA) is 131 Å². The first-order valence-electron chi connectivity index (χ1n) is 16.2. The fraction of sp³-hybridized carbons (Fsp3) is 0.588. The van der Waals surface area contributed by atoms with Crippen LogP contribution in [-0.2, 0) is 20.7 Å². The number of aliphatic carboxylic acids is 1. The number of aromatic nitrogens is 1. The summed E-state index contributed by atoms with van der Waals surface area (Å²) in [7, 11) is 3.27. The van der Waals surface area contributed by atoms with Gasteiger partial charge in [-0.15, -0.1) is 0 Å². The van der Waals surface area contributed by atoms with Gasteiger partial charge in [0.2, 0.25) is 5.91 Å². The maximum absolute atomic E-state index is 13.7. The average molecular weight is 681 g/mol. The van der Waals surface area contributed by atoms with Gasteiger partial charge in [-0.2, -0.15) is 13.2 Å². The molecule has 0 radical (unpaired) electrons. The van der Waals surface area contributed by atoms with Crippen molar-refractivity contribution in [2.45, 2.75) is 89.1 Å². The second-order valence-corrected chi connectivity index (χ2v) is 12.1. The molecular weight excluding hydrogens is 633 g/mol. The number of nitrogens with one attached hydrogen (secondary N) is 1. The molecule has 2 N–H and O–H groups in total. The zero-order chi connectivity index (χ0) is 35.3. The Morgan fingerprint density at radius 3 is 2.27 bits per heavy atom. The summed E-state index contributed by atoms with van der Waals surface area (Å²) >= 11 is 0. The number of carbonyl (C=O) groups excluding carboxylic acids is 2. The van der Waals surface area contributed by atoms with Crippen molar-refractivity contribution in [1.82, 2.24) is 20.1 Å². The lowest BCUT2D eigenvalue weighted by molar-refractivity contribution is -0.192. The number of halogens is 3. The molecule has 0 bridgehead atoms. The molecule has 266 valence electrons. The van der Waals surface area contributed by atoms with Gasteiger partial charge < -0.3 is 34.4 Å². The Morgan fingerprint density at radius 1 is 1.02 bits per heavy atom. The number of ether oxygens (including phenoxy) is 3. The maximum atomic E-state index is 13.7. The summed E-state index contributed by atoms with van der Waals surface area (Å²) in [6.07, 6.45) is 2.73. The van der Waals surface area contributed by atoms with Gasteiger partial charge >= 0.3 is 12.1 Å². The van der Waals surface area contributed by atoms with Crippen LogP contribution in [0.25, 0.3) is 0 Å². The number of carboxylic acid groups (broad SMARTS) is 1. The van der Waals surface area contributed by atoms with Crippen LogP contribution in [0.4, 0.5) is 13.2 Å². The molecule has 2 atom stereocenters. The number of piperidine rings is 1. The standard InChI is InChI=1S/C32H46N4O5.C2HF3O2/c1-23(2)36(32(38)24-9-14-29(40-4)30(20-24)41-19-7-18-39-3)28-11-10-25(34-22-28)15-17-35(27-12-13-27)31(37)21-26-8-5-6-16-33-26;3-2(4,5)1(6)7/h5-6,8-9,14,16,20,23,25,27-28,34H,7,10-13,15,17-19,21-22H2,1-4H3;(H,6,7)/t25-,28-;/m1./s1. The van der Waals surface area contributed by atoms with E-state index in [1.165, 1.54) is 0 Å². The third-order valence-corrected chi connectivity index (χ3v) is 8.16. The van der Waals surface area contributed by atoms with Crippen molar-refractivity contribution in [1.29, 1.82) is 0 Å². The van der Waals surface area contributed by atoms with Crippen molar-refractivity contribution >= 4 is 17.8 Å². The number of carbonyl (C=O) groups is 3. The first-order valence-corrected chi connectivity index (χ1v) is 16.2. The minimum Gasteiger partial charge on any atom is -0.493 e. The minimum atomic E-state index is -5.08. The van der Waals surface area contributed by atoms with Crippen molar-refractivity contribution in [3.63, 3.8) is 0 Å². The van der Waals surface area contributed by atoms with Crippen molar-refractivity contribution in [3.8, 4) is 11.5 Å². The van der Waals surface area contributed by atoms with Gasteiger partial charge in [0.1, 0.15) is 0 Å². The molecule has 14 heteroatoms. The number of methoxy groups -OCH3 is 2. The van der Waals surface area contributed by atoms with E-state index in [0.29, 0.717) is 48.8 Å². The molecule has 1 aromatic heterocycles. The number of hydrogen-bond acceptors (Lipinski definition) is 8. The van der Waals surface area contributed by atoms with Gasteiger partial charge in [0.25, 0.3) is 5.91 Å². The SMILES string of the molecule is COCCCOc1cc(C(=O)N(C(C)C)[C@@H]2CC[C@H](CCN(C(=O)Cc3ccccn3)C3CC3)NC2)ccc1OC.O=C(O)C(F)(F)F. The molecule has 1 aromatic carbocycles. The van der Waals surface area contributed by atoms with Gasteiger partial charge in [0.05, 0.1) is 20.1 Å².